The molecule has 5 heterocycles. The number of piperidine rings is 1. The maximum atomic E-state index is 13.8. The van der Waals surface area contributed by atoms with Gasteiger partial charge in [-0.1, -0.05) is 30.3 Å². The number of aromatic nitrogens is 5. The smallest absolute Gasteiger partial charge is 0.257 e. The first-order chi connectivity index (χ1) is 17.1. The van der Waals surface area contributed by atoms with E-state index in [2.05, 4.69) is 20.2 Å². The molecule has 1 amide bonds. The minimum absolute atomic E-state index is 0.0168. The summed E-state index contributed by atoms with van der Waals surface area (Å²) in [6.07, 6.45) is 4.19. The van der Waals surface area contributed by atoms with Gasteiger partial charge < -0.3 is 26.3 Å². The highest BCUT2D eigenvalue weighted by Gasteiger charge is 2.32. The summed E-state index contributed by atoms with van der Waals surface area (Å²) in [5.41, 5.74) is 16.1. The van der Waals surface area contributed by atoms with Crippen molar-refractivity contribution in [2.45, 2.75) is 31.3 Å². The Morgan fingerprint density at radius 1 is 1.09 bits per heavy atom. The van der Waals surface area contributed by atoms with Gasteiger partial charge in [-0.25, -0.2) is 9.61 Å². The van der Waals surface area contributed by atoms with Crippen molar-refractivity contribution in [2.24, 2.45) is 5.73 Å². The first-order valence-electron chi connectivity index (χ1n) is 11.9. The zero-order valence-corrected chi connectivity index (χ0v) is 19.2. The van der Waals surface area contributed by atoms with Gasteiger partial charge in [0.05, 0.1) is 16.8 Å². The fourth-order valence-electron chi connectivity index (χ4n) is 5.15. The summed E-state index contributed by atoms with van der Waals surface area (Å²) in [5, 5.41) is 11.2. The SMILES string of the molecule is Nc1nonc1-c1nc2c(-c3ccccc3)ncc(C(=O)N3CCC(N)C3)c2n1C1CCNCC1. The number of benzene rings is 1. The number of hydrogen-bond acceptors (Lipinski definition) is 9. The molecule has 4 aromatic rings. The highest BCUT2D eigenvalue weighted by Crippen LogP contribution is 2.38. The molecule has 6 rings (SSSR count). The number of nitrogens with two attached hydrogens (primary N) is 2. The van der Waals surface area contributed by atoms with Crippen molar-refractivity contribution < 1.29 is 9.42 Å². The Morgan fingerprint density at radius 2 is 1.89 bits per heavy atom. The van der Waals surface area contributed by atoms with E-state index in [1.807, 2.05) is 30.3 Å². The highest BCUT2D eigenvalue weighted by molar-refractivity contribution is 6.08. The molecule has 2 saturated heterocycles. The third-order valence-electron chi connectivity index (χ3n) is 6.90. The van der Waals surface area contributed by atoms with Gasteiger partial charge in [0.1, 0.15) is 5.52 Å². The van der Waals surface area contributed by atoms with E-state index < -0.39 is 0 Å². The Labute approximate surface area is 201 Å². The Balaban J connectivity index is 1.64. The van der Waals surface area contributed by atoms with Crippen LogP contribution >= 0.6 is 0 Å². The maximum Gasteiger partial charge on any atom is 0.257 e. The van der Waals surface area contributed by atoms with E-state index in [-0.39, 0.29) is 23.8 Å². The molecule has 11 nitrogen and oxygen atoms in total. The summed E-state index contributed by atoms with van der Waals surface area (Å²) >= 11 is 0. The van der Waals surface area contributed by atoms with Crippen LogP contribution in [0.2, 0.25) is 0 Å². The number of imidazole rings is 1. The van der Waals surface area contributed by atoms with Crippen LogP contribution in [0.3, 0.4) is 0 Å². The van der Waals surface area contributed by atoms with E-state index >= 15 is 0 Å². The second-order valence-corrected chi connectivity index (χ2v) is 9.17. The van der Waals surface area contributed by atoms with Crippen molar-refractivity contribution in [3.05, 3.63) is 42.1 Å². The van der Waals surface area contributed by atoms with Crippen LogP contribution in [0.25, 0.3) is 33.8 Å². The number of fused-ring (bicyclic) bond motifs is 1. The van der Waals surface area contributed by atoms with Crippen LogP contribution in [0, 0.1) is 0 Å². The Bertz CT molecular complexity index is 1370. The number of carbonyl (C=O) groups is 1. The third kappa shape index (κ3) is 3.72. The molecule has 11 heteroatoms. The molecule has 1 atom stereocenters. The lowest BCUT2D eigenvalue weighted by atomic mass is 10.0. The topological polar surface area (TPSA) is 154 Å². The van der Waals surface area contributed by atoms with Crippen molar-refractivity contribution in [1.29, 1.82) is 0 Å². The second kappa shape index (κ2) is 8.75. The Hall–Kier alpha value is -3.83. The predicted molar refractivity (Wildman–Crippen MR) is 130 cm³/mol. The number of hydrogen-bond donors (Lipinski definition) is 3. The number of nitrogen functional groups attached to an aromatic ring is 1. The van der Waals surface area contributed by atoms with Crippen molar-refractivity contribution in [1.82, 2.24) is 35.1 Å². The molecule has 1 aromatic carbocycles. The van der Waals surface area contributed by atoms with Crippen molar-refractivity contribution >= 4 is 22.8 Å². The van der Waals surface area contributed by atoms with Gasteiger partial charge in [-0.05, 0) is 42.7 Å². The van der Waals surface area contributed by atoms with Gasteiger partial charge in [0.25, 0.3) is 5.91 Å². The molecule has 35 heavy (non-hydrogen) atoms. The summed E-state index contributed by atoms with van der Waals surface area (Å²) in [5.74, 6) is 0.592. The van der Waals surface area contributed by atoms with Crippen LogP contribution in [0.1, 0.15) is 35.7 Å². The summed E-state index contributed by atoms with van der Waals surface area (Å²) in [6.45, 7) is 2.86. The predicted octanol–water partition coefficient (Wildman–Crippen LogP) is 1.83. The molecule has 5 N–H and O–H groups in total. The second-order valence-electron chi connectivity index (χ2n) is 9.17. The molecular formula is C24H27N9O2. The number of amides is 1. The summed E-state index contributed by atoms with van der Waals surface area (Å²) < 4.78 is 7.03. The number of anilines is 1. The third-order valence-corrected chi connectivity index (χ3v) is 6.90. The van der Waals surface area contributed by atoms with Crippen molar-refractivity contribution in [3.63, 3.8) is 0 Å². The summed E-state index contributed by atoms with van der Waals surface area (Å²) in [4.78, 5) is 25.3. The van der Waals surface area contributed by atoms with Crippen LogP contribution in [0.5, 0.6) is 0 Å². The Kier molecular flexibility index (Phi) is 5.42. The fraction of sp³-hybridized carbons (Fsp3) is 0.375. The number of pyridine rings is 1. The zero-order chi connectivity index (χ0) is 23.9. The summed E-state index contributed by atoms with van der Waals surface area (Å²) in [6, 6.07) is 9.91. The lowest BCUT2D eigenvalue weighted by Crippen LogP contribution is -2.33. The van der Waals surface area contributed by atoms with E-state index in [9.17, 15) is 4.79 Å². The maximum absolute atomic E-state index is 13.8. The van der Waals surface area contributed by atoms with Gasteiger partial charge in [0.15, 0.2) is 17.3 Å². The van der Waals surface area contributed by atoms with Gasteiger partial charge in [0.2, 0.25) is 0 Å². The van der Waals surface area contributed by atoms with Crippen molar-refractivity contribution in [3.8, 4) is 22.8 Å². The molecule has 2 aliphatic heterocycles. The van der Waals surface area contributed by atoms with E-state index in [0.29, 0.717) is 41.4 Å². The van der Waals surface area contributed by atoms with Crippen LogP contribution in [0.4, 0.5) is 5.82 Å². The molecule has 0 spiro atoms. The van der Waals surface area contributed by atoms with E-state index in [1.165, 1.54) is 0 Å². The molecule has 1 unspecified atom stereocenters. The quantitative estimate of drug-likeness (QED) is 0.403. The van der Waals surface area contributed by atoms with Gasteiger partial charge in [0, 0.05) is 36.9 Å². The van der Waals surface area contributed by atoms with E-state index in [4.69, 9.17) is 26.1 Å². The molecular weight excluding hydrogens is 446 g/mol. The van der Waals surface area contributed by atoms with Crippen molar-refractivity contribution in [2.75, 3.05) is 31.9 Å². The molecule has 0 saturated carbocycles. The number of carbonyl (C=O) groups excluding carboxylic acids is 1. The molecule has 180 valence electrons. The zero-order valence-electron chi connectivity index (χ0n) is 19.2. The van der Waals surface area contributed by atoms with Crippen LogP contribution in [0.15, 0.2) is 41.2 Å². The number of nitrogens with zero attached hydrogens (tertiary/aromatic N) is 6. The van der Waals surface area contributed by atoms with Gasteiger partial charge in [-0.2, -0.15) is 0 Å². The monoisotopic (exact) mass is 473 g/mol. The molecule has 0 bridgehead atoms. The summed E-state index contributed by atoms with van der Waals surface area (Å²) in [7, 11) is 0. The number of likely N-dealkylation sites (tertiary alicyclic amines) is 1. The molecule has 3 aromatic heterocycles. The molecule has 2 fully saturated rings. The fourth-order valence-corrected chi connectivity index (χ4v) is 5.15. The normalized spacial score (nSPS) is 19.0. The lowest BCUT2D eigenvalue weighted by Gasteiger charge is -2.27. The van der Waals surface area contributed by atoms with Gasteiger partial charge in [-0.15, -0.1) is 0 Å². The standard InChI is InChI=1S/C24H27N9O2/c25-15-8-11-32(13-15)24(34)17-12-28-18(14-4-2-1-3-5-14)19-21(17)33(16-6-9-27-10-7-16)23(29-19)20-22(26)31-35-30-20/h1-5,12,15-16,27H,6-11,13,25H2,(H2,26,31). The minimum Gasteiger partial charge on any atom is -0.379 e. The first kappa shape index (κ1) is 21.7. The average Bonchev–Trinajstić information content (AvgIpc) is 3.62. The number of nitrogens with one attached hydrogen (secondary N) is 1. The Morgan fingerprint density at radius 3 is 2.57 bits per heavy atom. The average molecular weight is 474 g/mol. The van der Waals surface area contributed by atoms with E-state index in [1.54, 1.807) is 11.1 Å². The molecule has 0 radical (unpaired) electrons. The first-order valence-corrected chi connectivity index (χ1v) is 11.9. The van der Waals surface area contributed by atoms with Gasteiger partial charge >= 0.3 is 0 Å². The lowest BCUT2D eigenvalue weighted by molar-refractivity contribution is 0.0792. The molecule has 0 aliphatic carbocycles. The van der Waals surface area contributed by atoms with Crippen LogP contribution in [-0.4, -0.2) is 67.9 Å². The highest BCUT2D eigenvalue weighted by atomic mass is 16.6. The number of rotatable bonds is 4. The largest absolute Gasteiger partial charge is 0.379 e. The van der Waals surface area contributed by atoms with Crippen LogP contribution < -0.4 is 16.8 Å². The molecule has 2 aliphatic rings. The van der Waals surface area contributed by atoms with Crippen LogP contribution in [-0.2, 0) is 0 Å². The van der Waals surface area contributed by atoms with Gasteiger partial charge in [-0.3, -0.25) is 9.78 Å². The minimum atomic E-state index is -0.0945. The van der Waals surface area contributed by atoms with E-state index in [0.717, 1.165) is 43.4 Å².